The van der Waals surface area contributed by atoms with Crippen LogP contribution in [-0.2, 0) is 20.6 Å². The van der Waals surface area contributed by atoms with Crippen molar-refractivity contribution in [2.75, 3.05) is 5.75 Å². The van der Waals surface area contributed by atoms with Gasteiger partial charge in [0.05, 0.1) is 16.7 Å². The second kappa shape index (κ2) is 8.46. The molecule has 0 radical (unpaired) electrons. The van der Waals surface area contributed by atoms with E-state index in [9.17, 15) is 17.6 Å². The van der Waals surface area contributed by atoms with E-state index in [4.69, 9.17) is 5.14 Å². The fourth-order valence-corrected chi connectivity index (χ4v) is 3.47. The minimum absolute atomic E-state index is 0.0321. The molecule has 5 nitrogen and oxygen atoms in total. The third-order valence-corrected chi connectivity index (χ3v) is 5.43. The Morgan fingerprint density at radius 1 is 1.16 bits per heavy atom. The van der Waals surface area contributed by atoms with Crippen molar-refractivity contribution in [3.63, 3.8) is 0 Å². The quantitative estimate of drug-likeness (QED) is 0.770. The molecular weight excluding hydrogens is 363 g/mol. The molecule has 0 fully saturated rings. The van der Waals surface area contributed by atoms with Crippen LogP contribution in [0.1, 0.15) is 24.1 Å². The minimum atomic E-state index is -3.72. The highest BCUT2D eigenvalue weighted by atomic mass is 32.2. The number of hydrogen-bond acceptors (Lipinski definition) is 4. The van der Waals surface area contributed by atoms with Gasteiger partial charge in [0.15, 0.2) is 0 Å². The number of nitrogens with one attached hydrogen (secondary N) is 1. The maximum Gasteiger partial charge on any atom is 0.238 e. The number of carbonyl (C=O) groups excluding carboxylic acids is 1. The van der Waals surface area contributed by atoms with Gasteiger partial charge in [0.1, 0.15) is 5.82 Å². The molecule has 0 aromatic heterocycles. The van der Waals surface area contributed by atoms with Crippen LogP contribution in [-0.4, -0.2) is 20.1 Å². The molecule has 8 heteroatoms. The Balaban J connectivity index is 1.82. The number of primary sulfonamides is 1. The van der Waals surface area contributed by atoms with Gasteiger partial charge < -0.3 is 5.32 Å². The van der Waals surface area contributed by atoms with Crippen LogP contribution in [0.2, 0.25) is 0 Å². The van der Waals surface area contributed by atoms with Gasteiger partial charge in [-0.3, -0.25) is 4.79 Å². The summed E-state index contributed by atoms with van der Waals surface area (Å²) in [6, 6.07) is 12.0. The molecule has 25 heavy (non-hydrogen) atoms. The summed E-state index contributed by atoms with van der Waals surface area (Å²) in [5, 5.41) is 7.90. The van der Waals surface area contributed by atoms with Crippen LogP contribution in [0.25, 0.3) is 0 Å². The number of rotatable bonds is 7. The SMILES string of the molecule is CC(NC(=O)CSCc1ccc(F)cc1)c1ccc(S(N)(=O)=O)cc1. The molecule has 0 aliphatic carbocycles. The van der Waals surface area contributed by atoms with E-state index in [-0.39, 0.29) is 28.4 Å². The van der Waals surface area contributed by atoms with Crippen molar-refractivity contribution in [1.29, 1.82) is 0 Å². The molecule has 0 saturated carbocycles. The highest BCUT2D eigenvalue weighted by molar-refractivity contribution is 7.99. The van der Waals surface area contributed by atoms with Gasteiger partial charge in [0.2, 0.25) is 15.9 Å². The van der Waals surface area contributed by atoms with Crippen molar-refractivity contribution in [1.82, 2.24) is 5.32 Å². The number of halogens is 1. The largest absolute Gasteiger partial charge is 0.349 e. The molecule has 0 saturated heterocycles. The van der Waals surface area contributed by atoms with Gasteiger partial charge in [-0.1, -0.05) is 24.3 Å². The third-order valence-electron chi connectivity index (χ3n) is 3.50. The summed E-state index contributed by atoms with van der Waals surface area (Å²) in [6.07, 6.45) is 0. The molecule has 0 bridgehead atoms. The molecule has 0 heterocycles. The number of carbonyl (C=O) groups is 1. The minimum Gasteiger partial charge on any atom is -0.349 e. The average molecular weight is 382 g/mol. The molecule has 2 aromatic rings. The number of benzene rings is 2. The van der Waals surface area contributed by atoms with Crippen molar-refractivity contribution in [2.24, 2.45) is 5.14 Å². The van der Waals surface area contributed by atoms with Crippen LogP contribution in [0.15, 0.2) is 53.4 Å². The first kappa shape index (κ1) is 19.4. The number of amides is 1. The van der Waals surface area contributed by atoms with Gasteiger partial charge in [0.25, 0.3) is 0 Å². The average Bonchev–Trinajstić information content (AvgIpc) is 2.56. The normalized spacial score (nSPS) is 12.6. The van der Waals surface area contributed by atoms with E-state index in [1.807, 2.05) is 6.92 Å². The molecule has 134 valence electrons. The molecule has 0 spiro atoms. The Morgan fingerprint density at radius 3 is 2.32 bits per heavy atom. The first-order chi connectivity index (χ1) is 11.8. The maximum absolute atomic E-state index is 12.8. The van der Waals surface area contributed by atoms with E-state index in [0.717, 1.165) is 11.1 Å². The highest BCUT2D eigenvalue weighted by Gasteiger charge is 2.12. The number of thioether (sulfide) groups is 1. The second-order valence-electron chi connectivity index (χ2n) is 5.52. The highest BCUT2D eigenvalue weighted by Crippen LogP contribution is 2.17. The Kier molecular flexibility index (Phi) is 6.57. The van der Waals surface area contributed by atoms with Crippen LogP contribution in [0.3, 0.4) is 0 Å². The number of hydrogen-bond donors (Lipinski definition) is 2. The van der Waals surface area contributed by atoms with Gasteiger partial charge in [-0.05, 0) is 42.3 Å². The Hall–Kier alpha value is -1.90. The van der Waals surface area contributed by atoms with E-state index >= 15 is 0 Å². The van der Waals surface area contributed by atoms with Crippen LogP contribution in [0.5, 0.6) is 0 Å². The molecule has 0 aliphatic rings. The van der Waals surface area contributed by atoms with Crippen LogP contribution >= 0.6 is 11.8 Å². The molecule has 1 amide bonds. The predicted molar refractivity (Wildman–Crippen MR) is 96.9 cm³/mol. The fraction of sp³-hybridized carbons (Fsp3) is 0.235. The van der Waals surface area contributed by atoms with Gasteiger partial charge >= 0.3 is 0 Å². The second-order valence-corrected chi connectivity index (χ2v) is 8.07. The zero-order valence-corrected chi connectivity index (χ0v) is 15.2. The summed E-state index contributed by atoms with van der Waals surface area (Å²) in [7, 11) is -3.72. The molecular formula is C17H19FN2O3S2. The summed E-state index contributed by atoms with van der Waals surface area (Å²) >= 11 is 1.43. The molecule has 2 aromatic carbocycles. The summed E-state index contributed by atoms with van der Waals surface area (Å²) in [6.45, 7) is 1.81. The lowest BCUT2D eigenvalue weighted by molar-refractivity contribution is -0.119. The predicted octanol–water partition coefficient (Wildman–Crippen LogP) is 2.58. The van der Waals surface area contributed by atoms with Gasteiger partial charge in [-0.25, -0.2) is 17.9 Å². The van der Waals surface area contributed by atoms with Crippen molar-refractivity contribution < 1.29 is 17.6 Å². The van der Waals surface area contributed by atoms with Gasteiger partial charge in [0, 0.05) is 5.75 Å². The lowest BCUT2D eigenvalue weighted by atomic mass is 10.1. The first-order valence-corrected chi connectivity index (χ1v) is 10.2. The topological polar surface area (TPSA) is 89.3 Å². The molecule has 2 rings (SSSR count). The van der Waals surface area contributed by atoms with Crippen molar-refractivity contribution >= 4 is 27.7 Å². The zero-order valence-electron chi connectivity index (χ0n) is 13.6. The van der Waals surface area contributed by atoms with Crippen LogP contribution in [0.4, 0.5) is 4.39 Å². The van der Waals surface area contributed by atoms with Crippen LogP contribution < -0.4 is 10.5 Å². The molecule has 0 aliphatic heterocycles. The van der Waals surface area contributed by atoms with E-state index in [2.05, 4.69) is 5.32 Å². The summed E-state index contributed by atoms with van der Waals surface area (Å²) in [5.74, 6) is 0.478. The van der Waals surface area contributed by atoms with E-state index in [1.165, 1.54) is 36.0 Å². The lowest BCUT2D eigenvalue weighted by Gasteiger charge is -2.14. The van der Waals surface area contributed by atoms with E-state index in [0.29, 0.717) is 5.75 Å². The smallest absolute Gasteiger partial charge is 0.238 e. The fourth-order valence-electron chi connectivity index (χ4n) is 2.15. The zero-order chi connectivity index (χ0) is 18.4. The summed E-state index contributed by atoms with van der Waals surface area (Å²) in [5.41, 5.74) is 1.73. The monoisotopic (exact) mass is 382 g/mol. The molecule has 1 unspecified atom stereocenters. The molecule has 3 N–H and O–H groups in total. The van der Waals surface area contributed by atoms with Crippen molar-refractivity contribution in [3.05, 3.63) is 65.5 Å². The maximum atomic E-state index is 12.8. The van der Waals surface area contributed by atoms with Gasteiger partial charge in [-0.2, -0.15) is 0 Å². The Bertz CT molecular complexity index is 822. The van der Waals surface area contributed by atoms with E-state index in [1.54, 1.807) is 24.3 Å². The van der Waals surface area contributed by atoms with Crippen molar-refractivity contribution in [3.8, 4) is 0 Å². The standard InChI is InChI=1S/C17H19FN2O3S2/c1-12(14-4-8-16(9-5-14)25(19,22)23)20-17(21)11-24-10-13-2-6-15(18)7-3-13/h2-9,12H,10-11H2,1H3,(H,20,21)(H2,19,22,23). The summed E-state index contributed by atoms with van der Waals surface area (Å²) < 4.78 is 35.3. The third kappa shape index (κ3) is 6.15. The lowest BCUT2D eigenvalue weighted by Crippen LogP contribution is -2.28. The first-order valence-electron chi connectivity index (χ1n) is 7.50. The molecule has 1 atom stereocenters. The van der Waals surface area contributed by atoms with Gasteiger partial charge in [-0.15, -0.1) is 11.8 Å². The Morgan fingerprint density at radius 2 is 1.76 bits per heavy atom. The van der Waals surface area contributed by atoms with Crippen molar-refractivity contribution in [2.45, 2.75) is 23.6 Å². The Labute approximate surface area is 150 Å². The number of sulfonamides is 1. The van der Waals surface area contributed by atoms with Crippen LogP contribution in [0, 0.1) is 5.82 Å². The number of nitrogens with two attached hydrogens (primary N) is 1. The van der Waals surface area contributed by atoms with E-state index < -0.39 is 10.0 Å². The summed E-state index contributed by atoms with van der Waals surface area (Å²) in [4.78, 5) is 12.0.